The van der Waals surface area contributed by atoms with Crippen LogP contribution in [0.25, 0.3) is 0 Å². The summed E-state index contributed by atoms with van der Waals surface area (Å²) in [5.41, 5.74) is 5.29. The predicted molar refractivity (Wildman–Crippen MR) is 57.0 cm³/mol. The Hall–Kier alpha value is -0.610. The predicted octanol–water partition coefficient (Wildman–Crippen LogP) is -0.0627. The summed E-state index contributed by atoms with van der Waals surface area (Å²) in [4.78, 5) is 13.6. The Labute approximate surface area is 85.8 Å². The number of piperidine rings is 1. The lowest BCUT2D eigenvalue weighted by molar-refractivity contribution is -0.121. The van der Waals surface area contributed by atoms with Crippen molar-refractivity contribution >= 4 is 5.91 Å². The summed E-state index contributed by atoms with van der Waals surface area (Å²) in [5.74, 6) is 0.126. The van der Waals surface area contributed by atoms with Crippen molar-refractivity contribution in [3.05, 3.63) is 0 Å². The highest BCUT2D eigenvalue weighted by Gasteiger charge is 2.10. The number of nitrogens with zero attached hydrogens (tertiary/aromatic N) is 1. The van der Waals surface area contributed by atoms with Crippen molar-refractivity contribution < 1.29 is 4.79 Å². The van der Waals surface area contributed by atoms with Gasteiger partial charge in [-0.1, -0.05) is 6.42 Å². The molecule has 1 aliphatic rings. The number of hydrogen-bond donors (Lipinski definition) is 2. The van der Waals surface area contributed by atoms with Gasteiger partial charge in [0, 0.05) is 26.1 Å². The van der Waals surface area contributed by atoms with Crippen molar-refractivity contribution in [1.29, 1.82) is 0 Å². The fourth-order valence-corrected chi connectivity index (χ4v) is 1.74. The van der Waals surface area contributed by atoms with Gasteiger partial charge in [0.25, 0.3) is 0 Å². The molecule has 0 saturated carbocycles. The van der Waals surface area contributed by atoms with Crippen molar-refractivity contribution in [1.82, 2.24) is 10.2 Å². The second kappa shape index (κ2) is 6.79. The van der Waals surface area contributed by atoms with Gasteiger partial charge in [0.1, 0.15) is 0 Å². The minimum absolute atomic E-state index is 0.126. The van der Waals surface area contributed by atoms with E-state index in [9.17, 15) is 4.79 Å². The van der Waals surface area contributed by atoms with Crippen molar-refractivity contribution in [2.24, 2.45) is 5.73 Å². The van der Waals surface area contributed by atoms with Crippen LogP contribution in [0.3, 0.4) is 0 Å². The van der Waals surface area contributed by atoms with Gasteiger partial charge in [0.15, 0.2) is 0 Å². The van der Waals surface area contributed by atoms with Crippen molar-refractivity contribution in [3.63, 3.8) is 0 Å². The molecule has 1 amide bonds. The van der Waals surface area contributed by atoms with E-state index in [0.29, 0.717) is 19.5 Å². The summed E-state index contributed by atoms with van der Waals surface area (Å²) < 4.78 is 0. The number of nitrogens with two attached hydrogens (primary N) is 1. The van der Waals surface area contributed by atoms with E-state index < -0.39 is 0 Å². The molecule has 0 spiro atoms. The van der Waals surface area contributed by atoms with Gasteiger partial charge in [0.05, 0.1) is 0 Å². The highest BCUT2D eigenvalue weighted by molar-refractivity contribution is 5.76. The Kier molecular flexibility index (Phi) is 5.56. The minimum Gasteiger partial charge on any atom is -0.355 e. The average molecular weight is 199 g/mol. The van der Waals surface area contributed by atoms with Gasteiger partial charge < -0.3 is 16.0 Å². The molecular formula is C10H21N3O. The Morgan fingerprint density at radius 2 is 2.00 bits per heavy atom. The number of likely N-dealkylation sites (tertiary alicyclic amines) is 1. The molecule has 1 saturated heterocycles. The van der Waals surface area contributed by atoms with Crippen molar-refractivity contribution in [3.8, 4) is 0 Å². The van der Waals surface area contributed by atoms with Gasteiger partial charge in [-0.05, 0) is 25.9 Å². The van der Waals surface area contributed by atoms with Gasteiger partial charge in [-0.25, -0.2) is 0 Å². The van der Waals surface area contributed by atoms with Crippen LogP contribution in [0.2, 0.25) is 0 Å². The fourth-order valence-electron chi connectivity index (χ4n) is 1.74. The summed E-state index contributed by atoms with van der Waals surface area (Å²) in [6.07, 6.45) is 4.52. The lowest BCUT2D eigenvalue weighted by Crippen LogP contribution is -2.35. The molecule has 0 aliphatic carbocycles. The molecule has 1 rings (SSSR count). The molecule has 3 N–H and O–H groups in total. The average Bonchev–Trinajstić information content (AvgIpc) is 2.25. The number of rotatable bonds is 5. The summed E-state index contributed by atoms with van der Waals surface area (Å²) in [5, 5.41) is 2.78. The van der Waals surface area contributed by atoms with Crippen LogP contribution in [0, 0.1) is 0 Å². The van der Waals surface area contributed by atoms with Crippen LogP contribution < -0.4 is 11.1 Å². The highest BCUT2D eigenvalue weighted by Crippen LogP contribution is 2.08. The lowest BCUT2D eigenvalue weighted by Gasteiger charge is -2.25. The van der Waals surface area contributed by atoms with E-state index in [4.69, 9.17) is 5.73 Å². The maximum Gasteiger partial charge on any atom is 0.221 e. The molecule has 0 aromatic rings. The Bertz CT molecular complexity index is 167. The van der Waals surface area contributed by atoms with E-state index in [0.717, 1.165) is 19.6 Å². The lowest BCUT2D eigenvalue weighted by atomic mass is 10.1. The molecular weight excluding hydrogens is 178 g/mol. The van der Waals surface area contributed by atoms with Crippen LogP contribution in [-0.2, 0) is 4.79 Å². The first-order valence-electron chi connectivity index (χ1n) is 5.52. The smallest absolute Gasteiger partial charge is 0.221 e. The van der Waals surface area contributed by atoms with Gasteiger partial charge in [-0.3, -0.25) is 4.79 Å². The quantitative estimate of drug-likeness (QED) is 0.652. The standard InChI is InChI=1S/C10H21N3O/c11-5-6-12-10(14)4-9-13-7-2-1-3-8-13/h1-9,11H2,(H,12,14). The molecule has 0 aromatic heterocycles. The second-order valence-electron chi connectivity index (χ2n) is 3.79. The molecule has 1 heterocycles. The molecule has 0 atom stereocenters. The molecule has 0 radical (unpaired) electrons. The van der Waals surface area contributed by atoms with Crippen LogP contribution in [-0.4, -0.2) is 43.5 Å². The topological polar surface area (TPSA) is 58.4 Å². The number of nitrogens with one attached hydrogen (secondary N) is 1. The minimum atomic E-state index is 0.126. The molecule has 1 aliphatic heterocycles. The number of amides is 1. The molecule has 0 aromatic carbocycles. The van der Waals surface area contributed by atoms with E-state index in [1.54, 1.807) is 0 Å². The highest BCUT2D eigenvalue weighted by atomic mass is 16.1. The third-order valence-corrected chi connectivity index (χ3v) is 2.57. The molecule has 4 heteroatoms. The van der Waals surface area contributed by atoms with Gasteiger partial charge in [-0.2, -0.15) is 0 Å². The Morgan fingerprint density at radius 3 is 2.64 bits per heavy atom. The normalized spacial score (nSPS) is 18.1. The third kappa shape index (κ3) is 4.58. The maximum absolute atomic E-state index is 11.3. The van der Waals surface area contributed by atoms with Crippen LogP contribution in [0.4, 0.5) is 0 Å². The SMILES string of the molecule is NCCNC(=O)CCN1CCCCC1. The van der Waals surface area contributed by atoms with E-state index >= 15 is 0 Å². The molecule has 14 heavy (non-hydrogen) atoms. The van der Waals surface area contributed by atoms with E-state index in [-0.39, 0.29) is 5.91 Å². The van der Waals surface area contributed by atoms with Gasteiger partial charge in [-0.15, -0.1) is 0 Å². The monoisotopic (exact) mass is 199 g/mol. The molecule has 0 bridgehead atoms. The number of carbonyl (C=O) groups is 1. The maximum atomic E-state index is 11.3. The zero-order valence-corrected chi connectivity index (χ0v) is 8.80. The first-order valence-corrected chi connectivity index (χ1v) is 5.52. The first-order chi connectivity index (χ1) is 6.83. The molecule has 4 nitrogen and oxygen atoms in total. The van der Waals surface area contributed by atoms with Crippen LogP contribution in [0.5, 0.6) is 0 Å². The summed E-state index contributed by atoms with van der Waals surface area (Å²) in [7, 11) is 0. The van der Waals surface area contributed by atoms with Crippen LogP contribution in [0.15, 0.2) is 0 Å². The zero-order chi connectivity index (χ0) is 10.2. The second-order valence-corrected chi connectivity index (χ2v) is 3.79. The summed E-state index contributed by atoms with van der Waals surface area (Å²) >= 11 is 0. The molecule has 0 unspecified atom stereocenters. The zero-order valence-electron chi connectivity index (χ0n) is 8.80. The Morgan fingerprint density at radius 1 is 1.29 bits per heavy atom. The van der Waals surface area contributed by atoms with Crippen molar-refractivity contribution in [2.75, 3.05) is 32.7 Å². The number of carbonyl (C=O) groups excluding carboxylic acids is 1. The van der Waals surface area contributed by atoms with E-state index in [1.807, 2.05) is 0 Å². The van der Waals surface area contributed by atoms with Crippen LogP contribution >= 0.6 is 0 Å². The van der Waals surface area contributed by atoms with E-state index in [1.165, 1.54) is 19.3 Å². The molecule has 1 fully saturated rings. The van der Waals surface area contributed by atoms with E-state index in [2.05, 4.69) is 10.2 Å². The van der Waals surface area contributed by atoms with Crippen LogP contribution in [0.1, 0.15) is 25.7 Å². The summed E-state index contributed by atoms with van der Waals surface area (Å²) in [6.45, 7) is 4.33. The Balaban J connectivity index is 2.03. The first kappa shape index (κ1) is 11.5. The largest absolute Gasteiger partial charge is 0.355 e. The summed E-state index contributed by atoms with van der Waals surface area (Å²) in [6, 6.07) is 0. The third-order valence-electron chi connectivity index (χ3n) is 2.57. The van der Waals surface area contributed by atoms with Crippen molar-refractivity contribution in [2.45, 2.75) is 25.7 Å². The number of hydrogen-bond acceptors (Lipinski definition) is 3. The fraction of sp³-hybridized carbons (Fsp3) is 0.900. The van der Waals surface area contributed by atoms with Gasteiger partial charge in [0.2, 0.25) is 5.91 Å². The molecule has 82 valence electrons. The van der Waals surface area contributed by atoms with Gasteiger partial charge >= 0.3 is 0 Å².